The van der Waals surface area contributed by atoms with Crippen LogP contribution < -0.4 is 16.4 Å². The number of nitrogens with two attached hydrogens (primary N) is 1. The number of fused-ring (bicyclic) bond motifs is 1. The highest BCUT2D eigenvalue weighted by atomic mass is 32.2. The van der Waals surface area contributed by atoms with Gasteiger partial charge in [0.2, 0.25) is 11.8 Å². The fraction of sp³-hybridized carbons (Fsp3) is 0.464. The van der Waals surface area contributed by atoms with Crippen molar-refractivity contribution < 1.29 is 27.9 Å². The molecule has 1 aliphatic rings. The molecule has 0 saturated carbocycles. The number of benzene rings is 1. The second kappa shape index (κ2) is 13.6. The largest absolute Gasteiger partial charge is 0.480 e. The standard InChI is InChI=1S/C28H37N5O6S2/c1-18(21-16-30-22-10-3-2-9-20(21)22)25(27(35)31-23(28(36)37)11-4-5-13-29)32-26(34)19-8-6-14-33(17-19)41(38,39)24-12-7-15-40-24/h2-3,7,9-10,12,15-16,18-19,23,25,30H,4-6,8,11,13-14,17,29H2,1H3,(H,31,35)(H,32,34)(H,36,37)/t18?,19?,23-,25+/m0/s1. The molecule has 1 saturated heterocycles. The van der Waals surface area contributed by atoms with Crippen molar-refractivity contribution in [2.45, 2.75) is 61.2 Å². The summed E-state index contributed by atoms with van der Waals surface area (Å²) in [4.78, 5) is 42.3. The Kier molecular flexibility index (Phi) is 10.2. The quantitative estimate of drug-likeness (QED) is 0.187. The molecule has 1 aliphatic heterocycles. The Balaban J connectivity index is 1.56. The minimum Gasteiger partial charge on any atom is -0.480 e. The lowest BCUT2D eigenvalue weighted by Crippen LogP contribution is -2.55. The first kappa shape index (κ1) is 30.7. The number of piperidine rings is 1. The number of hydrogen-bond acceptors (Lipinski definition) is 7. The molecule has 3 aromatic rings. The number of H-pyrrole nitrogens is 1. The van der Waals surface area contributed by atoms with E-state index in [2.05, 4.69) is 15.6 Å². The summed E-state index contributed by atoms with van der Waals surface area (Å²) in [6.45, 7) is 2.53. The average Bonchev–Trinajstić information content (AvgIpc) is 3.66. The molecule has 0 radical (unpaired) electrons. The Morgan fingerprint density at radius 1 is 1.17 bits per heavy atom. The monoisotopic (exact) mass is 603 g/mol. The maximum atomic E-state index is 13.6. The second-order valence-corrected chi connectivity index (χ2v) is 13.5. The molecule has 41 heavy (non-hydrogen) atoms. The Bertz CT molecular complexity index is 1460. The normalized spacial score (nSPS) is 18.4. The lowest BCUT2D eigenvalue weighted by Gasteiger charge is -2.33. The summed E-state index contributed by atoms with van der Waals surface area (Å²) in [5.74, 6) is -3.41. The van der Waals surface area contributed by atoms with Crippen LogP contribution >= 0.6 is 11.3 Å². The van der Waals surface area contributed by atoms with Gasteiger partial charge in [-0.15, -0.1) is 11.3 Å². The van der Waals surface area contributed by atoms with Gasteiger partial charge in [-0.25, -0.2) is 13.2 Å². The van der Waals surface area contributed by atoms with Gasteiger partial charge in [0.15, 0.2) is 0 Å². The van der Waals surface area contributed by atoms with Crippen LogP contribution in [-0.2, 0) is 24.4 Å². The highest BCUT2D eigenvalue weighted by molar-refractivity contribution is 7.91. The van der Waals surface area contributed by atoms with Gasteiger partial charge in [0, 0.05) is 36.1 Å². The van der Waals surface area contributed by atoms with Gasteiger partial charge in [0.1, 0.15) is 16.3 Å². The van der Waals surface area contributed by atoms with Crippen LogP contribution in [0.4, 0.5) is 0 Å². The van der Waals surface area contributed by atoms with Crippen molar-refractivity contribution in [2.24, 2.45) is 11.7 Å². The molecule has 2 amide bonds. The second-order valence-electron chi connectivity index (χ2n) is 10.4. The summed E-state index contributed by atoms with van der Waals surface area (Å²) in [5.41, 5.74) is 7.20. The molecule has 0 spiro atoms. The molecule has 2 unspecified atom stereocenters. The molecule has 2 aromatic heterocycles. The van der Waals surface area contributed by atoms with Gasteiger partial charge in [-0.2, -0.15) is 4.31 Å². The van der Waals surface area contributed by atoms with Crippen LogP contribution in [0.15, 0.2) is 52.2 Å². The highest BCUT2D eigenvalue weighted by Gasteiger charge is 2.37. The number of carboxylic acids is 1. The van der Waals surface area contributed by atoms with Crippen molar-refractivity contribution in [3.8, 4) is 0 Å². The minimum absolute atomic E-state index is 0.00128. The third-order valence-corrected chi connectivity index (χ3v) is 10.8. The van der Waals surface area contributed by atoms with Crippen LogP contribution in [0.5, 0.6) is 0 Å². The molecule has 222 valence electrons. The van der Waals surface area contributed by atoms with Gasteiger partial charge in [-0.05, 0) is 61.7 Å². The molecule has 11 nitrogen and oxygen atoms in total. The Morgan fingerprint density at radius 3 is 2.66 bits per heavy atom. The fourth-order valence-electron chi connectivity index (χ4n) is 5.26. The smallest absolute Gasteiger partial charge is 0.326 e. The lowest BCUT2D eigenvalue weighted by atomic mass is 9.90. The summed E-state index contributed by atoms with van der Waals surface area (Å²) in [6.07, 6.45) is 4.11. The number of nitrogens with zero attached hydrogens (tertiary/aromatic N) is 1. The van der Waals surface area contributed by atoms with E-state index in [1.165, 1.54) is 4.31 Å². The van der Waals surface area contributed by atoms with Crippen LogP contribution in [0.25, 0.3) is 10.9 Å². The van der Waals surface area contributed by atoms with Crippen molar-refractivity contribution in [3.05, 3.63) is 53.5 Å². The first-order valence-corrected chi connectivity index (χ1v) is 16.1. The molecular weight excluding hydrogens is 566 g/mol. The number of aromatic amines is 1. The zero-order chi connectivity index (χ0) is 29.6. The number of para-hydroxylation sites is 1. The first-order chi connectivity index (χ1) is 19.6. The zero-order valence-corrected chi connectivity index (χ0v) is 24.5. The number of thiophene rings is 1. The van der Waals surface area contributed by atoms with E-state index in [1.807, 2.05) is 24.3 Å². The minimum atomic E-state index is -3.73. The predicted molar refractivity (Wildman–Crippen MR) is 157 cm³/mol. The van der Waals surface area contributed by atoms with Crippen molar-refractivity contribution in [1.82, 2.24) is 19.9 Å². The molecule has 6 N–H and O–H groups in total. The van der Waals surface area contributed by atoms with E-state index in [4.69, 9.17) is 5.73 Å². The zero-order valence-electron chi connectivity index (χ0n) is 22.9. The number of carbonyl (C=O) groups excluding carboxylic acids is 2. The van der Waals surface area contributed by atoms with Crippen LogP contribution in [-0.4, -0.2) is 72.3 Å². The van der Waals surface area contributed by atoms with E-state index in [0.29, 0.717) is 38.8 Å². The molecule has 1 fully saturated rings. The molecule has 4 atom stereocenters. The fourth-order valence-corrected chi connectivity index (χ4v) is 7.93. The van der Waals surface area contributed by atoms with Gasteiger partial charge in [0.25, 0.3) is 10.0 Å². The molecule has 3 heterocycles. The average molecular weight is 604 g/mol. The number of aromatic nitrogens is 1. The van der Waals surface area contributed by atoms with E-state index < -0.39 is 51.7 Å². The summed E-state index contributed by atoms with van der Waals surface area (Å²) in [7, 11) is -3.73. The molecule has 0 bridgehead atoms. The Hall–Kier alpha value is -3.26. The van der Waals surface area contributed by atoms with Crippen molar-refractivity contribution in [3.63, 3.8) is 0 Å². The molecular formula is C28H37N5O6S2. The third kappa shape index (κ3) is 7.15. The summed E-state index contributed by atoms with van der Waals surface area (Å²) < 4.78 is 27.7. The lowest BCUT2D eigenvalue weighted by molar-refractivity contribution is -0.142. The Morgan fingerprint density at radius 2 is 1.95 bits per heavy atom. The van der Waals surface area contributed by atoms with Crippen molar-refractivity contribution >= 4 is 50.0 Å². The topological polar surface area (TPSA) is 175 Å². The van der Waals surface area contributed by atoms with E-state index in [1.54, 1.807) is 30.6 Å². The number of hydrogen-bond donors (Lipinski definition) is 5. The number of sulfonamides is 1. The number of carbonyl (C=O) groups is 3. The summed E-state index contributed by atoms with van der Waals surface area (Å²) >= 11 is 1.12. The van der Waals surface area contributed by atoms with Crippen molar-refractivity contribution in [2.75, 3.05) is 19.6 Å². The van der Waals surface area contributed by atoms with Crippen molar-refractivity contribution in [1.29, 1.82) is 0 Å². The first-order valence-electron chi connectivity index (χ1n) is 13.8. The number of unbranched alkanes of at least 4 members (excludes halogenated alkanes) is 1. The number of carboxylic acid groups (broad SMARTS) is 1. The maximum absolute atomic E-state index is 13.6. The summed E-state index contributed by atoms with van der Waals surface area (Å²) in [6, 6.07) is 8.56. The third-order valence-electron chi connectivity index (χ3n) is 7.60. The number of rotatable bonds is 13. The maximum Gasteiger partial charge on any atom is 0.326 e. The van der Waals surface area contributed by atoms with E-state index in [-0.39, 0.29) is 17.2 Å². The molecule has 0 aliphatic carbocycles. The van der Waals surface area contributed by atoms with E-state index in [9.17, 15) is 27.9 Å². The molecule has 1 aromatic carbocycles. The summed E-state index contributed by atoms with van der Waals surface area (Å²) in [5, 5.41) is 17.8. The van der Waals surface area contributed by atoms with Gasteiger partial charge in [-0.1, -0.05) is 31.2 Å². The number of amides is 2. The van der Waals surface area contributed by atoms with E-state index in [0.717, 1.165) is 27.8 Å². The number of nitrogens with one attached hydrogen (secondary N) is 3. The van der Waals surface area contributed by atoms with Crippen LogP contribution in [0.2, 0.25) is 0 Å². The SMILES string of the molecule is CC(c1c[nH]c2ccccc12)[C@@H](NC(=O)C1CCCN(S(=O)(=O)c2cccs2)C1)C(=O)N[C@@H](CCCCN)C(=O)O. The van der Waals surface area contributed by atoms with Gasteiger partial charge in [0.05, 0.1) is 5.92 Å². The van der Waals surface area contributed by atoms with Crippen LogP contribution in [0.1, 0.15) is 50.5 Å². The van der Waals surface area contributed by atoms with Gasteiger partial charge in [-0.3, -0.25) is 9.59 Å². The van der Waals surface area contributed by atoms with Gasteiger partial charge >= 0.3 is 5.97 Å². The molecule has 13 heteroatoms. The number of aliphatic carboxylic acids is 1. The Labute approximate surface area is 243 Å². The van der Waals surface area contributed by atoms with E-state index >= 15 is 0 Å². The molecule has 4 rings (SSSR count). The predicted octanol–water partition coefficient (Wildman–Crippen LogP) is 2.62. The van der Waals surface area contributed by atoms with Crippen LogP contribution in [0.3, 0.4) is 0 Å². The van der Waals surface area contributed by atoms with Crippen LogP contribution in [0, 0.1) is 5.92 Å². The van der Waals surface area contributed by atoms with Gasteiger partial charge < -0.3 is 26.5 Å². The highest BCUT2D eigenvalue weighted by Crippen LogP contribution is 2.30.